The normalized spacial score (nSPS) is 12.5. The van der Waals surface area contributed by atoms with Gasteiger partial charge in [-0.1, -0.05) is 36.4 Å². The van der Waals surface area contributed by atoms with Crippen LogP contribution >= 0.6 is 0 Å². The van der Waals surface area contributed by atoms with E-state index in [9.17, 15) is 23.5 Å². The molecule has 0 fully saturated rings. The molecule has 2 aromatic rings. The van der Waals surface area contributed by atoms with E-state index in [1.54, 1.807) is 38.1 Å². The third-order valence-corrected chi connectivity index (χ3v) is 4.16. The first kappa shape index (κ1) is 23.3. The molecule has 0 saturated carbocycles. The Labute approximate surface area is 173 Å². The maximum absolute atomic E-state index is 13.2. The molecule has 0 aliphatic rings. The fraction of sp³-hybridized carbons (Fsp3) is 0.364. The third-order valence-electron chi connectivity index (χ3n) is 4.16. The molecule has 0 aliphatic carbocycles. The fourth-order valence-electron chi connectivity index (χ4n) is 2.66. The molecular weight excluding hydrogens is 396 g/mol. The Bertz CT molecular complexity index is 845. The average Bonchev–Trinajstić information content (AvgIpc) is 2.66. The van der Waals surface area contributed by atoms with Crippen molar-refractivity contribution in [1.82, 2.24) is 0 Å². The summed E-state index contributed by atoms with van der Waals surface area (Å²) in [4.78, 5) is 23.2. The number of nitrogens with one attached hydrogen (secondary N) is 1. The lowest BCUT2D eigenvalue weighted by Crippen LogP contribution is -2.29. The summed E-state index contributed by atoms with van der Waals surface area (Å²) >= 11 is 0. The minimum Gasteiger partial charge on any atom is -0.479 e. The van der Waals surface area contributed by atoms with Gasteiger partial charge in [-0.3, -0.25) is 5.32 Å². The van der Waals surface area contributed by atoms with Crippen molar-refractivity contribution in [1.29, 1.82) is 0 Å². The zero-order chi connectivity index (χ0) is 22.3. The number of alkyl halides is 2. The molecule has 162 valence electrons. The minimum absolute atomic E-state index is 0.00206. The first-order valence-electron chi connectivity index (χ1n) is 9.43. The Morgan fingerprint density at radius 3 is 2.10 bits per heavy atom. The van der Waals surface area contributed by atoms with Crippen molar-refractivity contribution in [2.45, 2.75) is 51.9 Å². The lowest BCUT2D eigenvalue weighted by molar-refractivity contribution is -0.153. The van der Waals surface area contributed by atoms with Crippen molar-refractivity contribution in [3.63, 3.8) is 0 Å². The lowest BCUT2D eigenvalue weighted by Gasteiger charge is -2.16. The molecule has 6 nitrogen and oxygen atoms in total. The number of hydrogen-bond donors (Lipinski definition) is 2. The number of hydrogen-bond acceptors (Lipinski definition) is 4. The number of halogens is 2. The number of carboxylic acid groups (broad SMARTS) is 1. The standard InChI is InChI=1S/C22H25F2NO5/c1-14(2)30-19(20(26)27)12-15-4-6-16(7-5-15)13-29-21(28)25-18-10-8-17(9-11-18)22(3,23)24/h4-11,14,19H,12-13H2,1-3H3,(H,25,28)(H,26,27). The molecule has 0 spiro atoms. The minimum atomic E-state index is -2.95. The Balaban J connectivity index is 1.85. The highest BCUT2D eigenvalue weighted by Gasteiger charge is 2.23. The van der Waals surface area contributed by atoms with Gasteiger partial charge in [-0.15, -0.1) is 0 Å². The predicted molar refractivity (Wildman–Crippen MR) is 108 cm³/mol. The first-order chi connectivity index (χ1) is 14.0. The molecule has 2 rings (SSSR count). The van der Waals surface area contributed by atoms with E-state index >= 15 is 0 Å². The summed E-state index contributed by atoms with van der Waals surface area (Å²) < 4.78 is 36.9. The van der Waals surface area contributed by atoms with Crippen LogP contribution in [-0.2, 0) is 33.2 Å². The molecule has 0 saturated heterocycles. The van der Waals surface area contributed by atoms with Crippen molar-refractivity contribution in [3.8, 4) is 0 Å². The van der Waals surface area contributed by atoms with E-state index in [-0.39, 0.29) is 24.7 Å². The summed E-state index contributed by atoms with van der Waals surface area (Å²) in [7, 11) is 0. The van der Waals surface area contributed by atoms with Crippen LogP contribution in [0.2, 0.25) is 0 Å². The maximum Gasteiger partial charge on any atom is 0.411 e. The van der Waals surface area contributed by atoms with Crippen molar-refractivity contribution in [2.24, 2.45) is 0 Å². The quantitative estimate of drug-likeness (QED) is 0.597. The molecule has 0 aromatic heterocycles. The van der Waals surface area contributed by atoms with Gasteiger partial charge in [0.1, 0.15) is 6.61 Å². The number of benzene rings is 2. The van der Waals surface area contributed by atoms with Crippen LogP contribution in [0.15, 0.2) is 48.5 Å². The molecular formula is C22H25F2NO5. The highest BCUT2D eigenvalue weighted by atomic mass is 19.3. The largest absolute Gasteiger partial charge is 0.479 e. The molecule has 30 heavy (non-hydrogen) atoms. The van der Waals surface area contributed by atoms with Crippen molar-refractivity contribution >= 4 is 17.7 Å². The number of carboxylic acids is 1. The second-order valence-corrected chi connectivity index (χ2v) is 7.20. The van der Waals surface area contributed by atoms with Crippen LogP contribution in [0, 0.1) is 0 Å². The number of carbonyl (C=O) groups is 2. The van der Waals surface area contributed by atoms with E-state index < -0.39 is 24.1 Å². The number of ether oxygens (including phenoxy) is 2. The molecule has 1 amide bonds. The maximum atomic E-state index is 13.2. The highest BCUT2D eigenvalue weighted by molar-refractivity contribution is 5.84. The summed E-state index contributed by atoms with van der Waals surface area (Å²) in [6.07, 6.45) is -1.63. The first-order valence-corrected chi connectivity index (χ1v) is 9.43. The molecule has 8 heteroatoms. The van der Waals surface area contributed by atoms with E-state index in [4.69, 9.17) is 9.47 Å². The number of aliphatic carboxylic acids is 1. The average molecular weight is 421 g/mol. The second kappa shape index (κ2) is 10.2. The van der Waals surface area contributed by atoms with E-state index in [1.807, 2.05) is 0 Å². The van der Waals surface area contributed by atoms with Crippen LogP contribution in [0.4, 0.5) is 19.3 Å². The molecule has 0 aliphatic heterocycles. The van der Waals surface area contributed by atoms with Crippen LogP contribution in [0.25, 0.3) is 0 Å². The molecule has 1 unspecified atom stereocenters. The second-order valence-electron chi connectivity index (χ2n) is 7.20. The van der Waals surface area contributed by atoms with Gasteiger partial charge in [0.25, 0.3) is 5.92 Å². The van der Waals surface area contributed by atoms with E-state index in [0.29, 0.717) is 11.3 Å². The summed E-state index contributed by atoms with van der Waals surface area (Å²) in [6, 6.07) is 12.2. The van der Waals surface area contributed by atoms with Gasteiger partial charge in [0, 0.05) is 24.6 Å². The Hall–Kier alpha value is -3.00. The summed E-state index contributed by atoms with van der Waals surface area (Å²) in [5, 5.41) is 11.7. The molecule has 0 heterocycles. The number of rotatable bonds is 9. The van der Waals surface area contributed by atoms with Crippen LogP contribution < -0.4 is 5.32 Å². The Morgan fingerprint density at radius 1 is 1.03 bits per heavy atom. The number of carbonyl (C=O) groups excluding carboxylic acids is 1. The van der Waals surface area contributed by atoms with Gasteiger partial charge in [-0.25, -0.2) is 18.4 Å². The summed E-state index contributed by atoms with van der Waals surface area (Å²) in [5.41, 5.74) is 1.69. The smallest absolute Gasteiger partial charge is 0.411 e. The highest BCUT2D eigenvalue weighted by Crippen LogP contribution is 2.27. The Morgan fingerprint density at radius 2 is 1.60 bits per heavy atom. The van der Waals surface area contributed by atoms with Gasteiger partial charge < -0.3 is 14.6 Å². The van der Waals surface area contributed by atoms with Crippen LogP contribution in [0.1, 0.15) is 37.5 Å². The van der Waals surface area contributed by atoms with Gasteiger partial charge in [0.15, 0.2) is 6.10 Å². The summed E-state index contributed by atoms with van der Waals surface area (Å²) in [5.74, 6) is -3.97. The monoisotopic (exact) mass is 421 g/mol. The number of amides is 1. The molecule has 1 atom stereocenters. The SMILES string of the molecule is CC(C)OC(Cc1ccc(COC(=O)Nc2ccc(C(C)(F)F)cc2)cc1)C(=O)O. The topological polar surface area (TPSA) is 84.9 Å². The molecule has 0 bridgehead atoms. The van der Waals surface area contributed by atoms with Crippen LogP contribution in [0.5, 0.6) is 0 Å². The van der Waals surface area contributed by atoms with Gasteiger partial charge >= 0.3 is 12.1 Å². The van der Waals surface area contributed by atoms with Crippen molar-refractivity contribution < 1.29 is 33.0 Å². The fourth-order valence-corrected chi connectivity index (χ4v) is 2.66. The van der Waals surface area contributed by atoms with Crippen LogP contribution in [-0.4, -0.2) is 29.4 Å². The van der Waals surface area contributed by atoms with Gasteiger partial charge in [0.05, 0.1) is 6.10 Å². The molecule has 2 N–H and O–H groups in total. The lowest BCUT2D eigenvalue weighted by atomic mass is 10.1. The van der Waals surface area contributed by atoms with E-state index in [1.165, 1.54) is 24.3 Å². The van der Waals surface area contributed by atoms with Crippen molar-refractivity contribution in [3.05, 3.63) is 65.2 Å². The van der Waals surface area contributed by atoms with Crippen molar-refractivity contribution in [2.75, 3.05) is 5.32 Å². The van der Waals surface area contributed by atoms with Crippen LogP contribution in [0.3, 0.4) is 0 Å². The van der Waals surface area contributed by atoms with Gasteiger partial charge in [0.2, 0.25) is 0 Å². The zero-order valence-electron chi connectivity index (χ0n) is 17.0. The van der Waals surface area contributed by atoms with Gasteiger partial charge in [-0.05, 0) is 37.1 Å². The van der Waals surface area contributed by atoms with E-state index in [2.05, 4.69) is 5.32 Å². The van der Waals surface area contributed by atoms with Gasteiger partial charge in [-0.2, -0.15) is 0 Å². The third kappa shape index (κ3) is 7.44. The zero-order valence-corrected chi connectivity index (χ0v) is 17.0. The Kier molecular flexibility index (Phi) is 7.88. The summed E-state index contributed by atoms with van der Waals surface area (Å²) in [6.45, 7) is 4.35. The molecule has 0 radical (unpaired) electrons. The molecule has 2 aromatic carbocycles. The predicted octanol–water partition coefficient (Wildman–Crippen LogP) is 4.97. The van der Waals surface area contributed by atoms with E-state index in [0.717, 1.165) is 12.5 Å². The number of anilines is 1.